The van der Waals surface area contributed by atoms with Crippen molar-refractivity contribution in [2.75, 3.05) is 10.8 Å². The Balaban J connectivity index is 2.02. The van der Waals surface area contributed by atoms with Crippen molar-refractivity contribution in [3.05, 3.63) is 48.0 Å². The van der Waals surface area contributed by atoms with E-state index in [1.165, 1.54) is 24.3 Å². The summed E-state index contributed by atoms with van der Waals surface area (Å²) >= 11 is 0.873. The fourth-order valence-electron chi connectivity index (χ4n) is 2.00. The second-order valence-electron chi connectivity index (χ2n) is 5.24. The standard InChI is InChI=1S/C16H15F3N4O4S/c17-16(18,19)27-11-4-2-10(3-5-11)23(21)15(22-20)28-8-14(26)9-1-6-12(24)13(25)7-9/h1-7,24-25H,8,20-21H2/b22-15+. The monoisotopic (exact) mass is 416 g/mol. The van der Waals surface area contributed by atoms with E-state index in [9.17, 15) is 28.2 Å². The molecule has 2 rings (SSSR count). The summed E-state index contributed by atoms with van der Waals surface area (Å²) in [5, 5.41) is 23.2. The van der Waals surface area contributed by atoms with Crippen LogP contribution in [-0.2, 0) is 0 Å². The van der Waals surface area contributed by atoms with Crippen LogP contribution in [0.15, 0.2) is 47.6 Å². The van der Waals surface area contributed by atoms with Gasteiger partial charge in [-0.3, -0.25) is 9.80 Å². The third-order valence-corrected chi connectivity index (χ3v) is 4.26. The normalized spacial score (nSPS) is 11.9. The zero-order chi connectivity index (χ0) is 20.9. The fourth-order valence-corrected chi connectivity index (χ4v) is 2.74. The molecule has 0 heterocycles. The number of nitrogens with zero attached hydrogens (tertiary/aromatic N) is 2. The lowest BCUT2D eigenvalue weighted by Gasteiger charge is -2.19. The van der Waals surface area contributed by atoms with Crippen LogP contribution in [0.25, 0.3) is 0 Å². The first-order valence-corrected chi connectivity index (χ1v) is 8.46. The number of amidine groups is 1. The van der Waals surface area contributed by atoms with E-state index in [1.807, 2.05) is 0 Å². The molecule has 0 atom stereocenters. The third-order valence-electron chi connectivity index (χ3n) is 3.29. The van der Waals surface area contributed by atoms with E-state index in [-0.39, 0.29) is 27.9 Å². The molecule has 0 aliphatic heterocycles. The molecule has 0 spiro atoms. The van der Waals surface area contributed by atoms with Crippen molar-refractivity contribution in [1.29, 1.82) is 0 Å². The van der Waals surface area contributed by atoms with Crippen LogP contribution in [0, 0.1) is 0 Å². The molecule has 2 aromatic carbocycles. The molecule has 28 heavy (non-hydrogen) atoms. The maximum atomic E-state index is 12.2. The summed E-state index contributed by atoms with van der Waals surface area (Å²) < 4.78 is 40.3. The number of hydrazone groups is 1. The maximum Gasteiger partial charge on any atom is 0.573 e. The first kappa shape index (κ1) is 21.2. The Labute approximate surface area is 161 Å². The number of alkyl halides is 3. The molecule has 150 valence electrons. The second-order valence-corrected chi connectivity index (χ2v) is 6.18. The molecule has 0 aliphatic carbocycles. The highest BCUT2D eigenvalue weighted by Crippen LogP contribution is 2.27. The Morgan fingerprint density at radius 1 is 1.14 bits per heavy atom. The Bertz CT molecular complexity index is 875. The number of aromatic hydroxyl groups is 2. The number of hydrazine groups is 1. The first-order chi connectivity index (χ1) is 13.1. The number of halogens is 3. The van der Waals surface area contributed by atoms with Gasteiger partial charge in [0.05, 0.1) is 11.4 Å². The average Bonchev–Trinajstić information content (AvgIpc) is 2.63. The average molecular weight is 416 g/mol. The van der Waals surface area contributed by atoms with Gasteiger partial charge in [0.2, 0.25) is 5.17 Å². The quantitative estimate of drug-likeness (QED) is 0.146. The summed E-state index contributed by atoms with van der Waals surface area (Å²) in [5.74, 6) is 9.36. The number of carbonyl (C=O) groups excluding carboxylic acids is 1. The minimum atomic E-state index is -4.81. The van der Waals surface area contributed by atoms with Crippen molar-refractivity contribution >= 4 is 28.4 Å². The van der Waals surface area contributed by atoms with Crippen LogP contribution in [0.3, 0.4) is 0 Å². The molecule has 0 bridgehead atoms. The van der Waals surface area contributed by atoms with Crippen LogP contribution < -0.4 is 21.4 Å². The summed E-state index contributed by atoms with van der Waals surface area (Å²) in [7, 11) is 0. The predicted octanol–water partition coefficient (Wildman–Crippen LogP) is 2.52. The van der Waals surface area contributed by atoms with Gasteiger partial charge in [-0.2, -0.15) is 5.10 Å². The van der Waals surface area contributed by atoms with Gasteiger partial charge in [0.1, 0.15) is 5.75 Å². The van der Waals surface area contributed by atoms with E-state index in [1.54, 1.807) is 0 Å². The van der Waals surface area contributed by atoms with Crippen molar-refractivity contribution < 1.29 is 32.9 Å². The number of phenols is 2. The molecule has 2 aromatic rings. The van der Waals surface area contributed by atoms with Gasteiger partial charge in [0.25, 0.3) is 0 Å². The largest absolute Gasteiger partial charge is 0.573 e. The Kier molecular flexibility index (Phi) is 6.59. The molecule has 0 radical (unpaired) electrons. The number of rotatable bonds is 5. The zero-order valence-electron chi connectivity index (χ0n) is 14.1. The maximum absolute atomic E-state index is 12.2. The molecule has 0 saturated heterocycles. The van der Waals surface area contributed by atoms with Gasteiger partial charge in [0, 0.05) is 5.56 Å². The number of phenolic OH excluding ortho intramolecular Hbond substituents is 2. The minimum absolute atomic E-state index is 0.0147. The number of ketones is 1. The van der Waals surface area contributed by atoms with E-state index in [4.69, 9.17) is 11.7 Å². The molecule has 0 saturated carbocycles. The molecule has 0 aliphatic rings. The van der Waals surface area contributed by atoms with Crippen molar-refractivity contribution in [1.82, 2.24) is 0 Å². The fraction of sp³-hybridized carbons (Fsp3) is 0.125. The van der Waals surface area contributed by atoms with Gasteiger partial charge < -0.3 is 20.8 Å². The molecule has 12 heteroatoms. The number of hydrogen-bond donors (Lipinski definition) is 4. The molecule has 0 amide bonds. The molecule has 8 nitrogen and oxygen atoms in total. The number of benzene rings is 2. The molecule has 6 N–H and O–H groups in total. The van der Waals surface area contributed by atoms with E-state index in [2.05, 4.69) is 9.84 Å². The third kappa shape index (κ3) is 5.69. The number of thioether (sulfide) groups is 1. The highest BCUT2D eigenvalue weighted by molar-refractivity contribution is 8.14. The highest BCUT2D eigenvalue weighted by Gasteiger charge is 2.31. The van der Waals surface area contributed by atoms with Gasteiger partial charge in [-0.15, -0.1) is 13.2 Å². The van der Waals surface area contributed by atoms with Crippen molar-refractivity contribution in [2.24, 2.45) is 16.8 Å². The number of anilines is 1. The van der Waals surface area contributed by atoms with E-state index in [0.717, 1.165) is 35.0 Å². The van der Waals surface area contributed by atoms with Gasteiger partial charge in [-0.25, -0.2) is 5.84 Å². The lowest BCUT2D eigenvalue weighted by molar-refractivity contribution is -0.274. The van der Waals surface area contributed by atoms with Gasteiger partial charge in [-0.05, 0) is 42.5 Å². The van der Waals surface area contributed by atoms with Crippen LogP contribution in [-0.4, -0.2) is 33.3 Å². The SMILES string of the molecule is N/N=C(/SCC(=O)c1ccc(O)c(O)c1)N(N)c1ccc(OC(F)(F)F)cc1. The lowest BCUT2D eigenvalue weighted by atomic mass is 10.1. The molecule has 0 unspecified atom stereocenters. The number of nitrogens with two attached hydrogens (primary N) is 2. The molecule has 0 aromatic heterocycles. The molecular weight excluding hydrogens is 401 g/mol. The van der Waals surface area contributed by atoms with Gasteiger partial charge >= 0.3 is 6.36 Å². The zero-order valence-corrected chi connectivity index (χ0v) is 14.9. The van der Waals surface area contributed by atoms with E-state index in [0.29, 0.717) is 0 Å². The summed E-state index contributed by atoms with van der Waals surface area (Å²) in [6.45, 7) is 0. The number of carbonyl (C=O) groups is 1. The Hall–Kier alpha value is -3.12. The highest BCUT2D eigenvalue weighted by atomic mass is 32.2. The summed E-state index contributed by atoms with van der Waals surface area (Å²) in [5.41, 5.74) is 0.400. The number of hydrogen-bond acceptors (Lipinski definition) is 8. The van der Waals surface area contributed by atoms with E-state index < -0.39 is 23.6 Å². The summed E-state index contributed by atoms with van der Waals surface area (Å²) in [6, 6.07) is 8.25. The van der Waals surface area contributed by atoms with Crippen LogP contribution >= 0.6 is 11.8 Å². The molecule has 0 fully saturated rings. The van der Waals surface area contributed by atoms with Crippen molar-refractivity contribution in [3.63, 3.8) is 0 Å². The minimum Gasteiger partial charge on any atom is -0.504 e. The first-order valence-electron chi connectivity index (χ1n) is 7.47. The van der Waals surface area contributed by atoms with Crippen molar-refractivity contribution in [3.8, 4) is 17.2 Å². The lowest BCUT2D eigenvalue weighted by Crippen LogP contribution is -2.36. The number of ether oxygens (including phenoxy) is 1. The molecular formula is C16H15F3N4O4S. The Morgan fingerprint density at radius 2 is 1.79 bits per heavy atom. The van der Waals surface area contributed by atoms with Crippen LogP contribution in [0.5, 0.6) is 17.2 Å². The van der Waals surface area contributed by atoms with Crippen LogP contribution in [0.2, 0.25) is 0 Å². The summed E-state index contributed by atoms with van der Waals surface area (Å²) in [4.78, 5) is 12.2. The van der Waals surface area contributed by atoms with E-state index >= 15 is 0 Å². The van der Waals surface area contributed by atoms with Gasteiger partial charge in [-0.1, -0.05) is 11.8 Å². The smallest absolute Gasteiger partial charge is 0.504 e. The topological polar surface area (TPSA) is 134 Å². The van der Waals surface area contributed by atoms with Crippen molar-refractivity contribution in [2.45, 2.75) is 6.36 Å². The van der Waals surface area contributed by atoms with Crippen LogP contribution in [0.4, 0.5) is 18.9 Å². The summed E-state index contributed by atoms with van der Waals surface area (Å²) in [6.07, 6.45) is -4.81. The van der Waals surface area contributed by atoms with Crippen LogP contribution in [0.1, 0.15) is 10.4 Å². The van der Waals surface area contributed by atoms with Gasteiger partial charge in [0.15, 0.2) is 17.3 Å². The number of Topliss-reactive ketones (excluding diaryl/α,β-unsaturated/α-hetero) is 1. The second kappa shape index (κ2) is 8.71. The predicted molar refractivity (Wildman–Crippen MR) is 98.0 cm³/mol. The Morgan fingerprint density at radius 3 is 2.32 bits per heavy atom.